The molecule has 0 bridgehead atoms. The molecule has 1 heterocycles. The van der Waals surface area contributed by atoms with Gasteiger partial charge in [-0.05, 0) is 28.3 Å². The van der Waals surface area contributed by atoms with E-state index in [0.717, 1.165) is 12.5 Å². The number of hydrogen-bond acceptors (Lipinski definition) is 3. The molecule has 1 unspecified atom stereocenters. The van der Waals surface area contributed by atoms with Gasteiger partial charge in [-0.3, -0.25) is 9.79 Å². The molecule has 0 radical (unpaired) electrons. The molecule has 5 nitrogen and oxygen atoms in total. The molecule has 0 aromatic carbocycles. The van der Waals surface area contributed by atoms with Crippen LogP contribution in [-0.4, -0.2) is 38.5 Å². The maximum Gasteiger partial charge on any atom is 0.222 e. The van der Waals surface area contributed by atoms with Crippen molar-refractivity contribution in [3.63, 3.8) is 0 Å². The highest BCUT2D eigenvalue weighted by molar-refractivity contribution is 14.0. The monoisotopic (exact) mass is 438 g/mol. The van der Waals surface area contributed by atoms with Gasteiger partial charge in [-0.2, -0.15) is 11.3 Å². The van der Waals surface area contributed by atoms with Crippen LogP contribution in [0.5, 0.6) is 0 Å². The molecular formula is C15H27IN4OS. The Morgan fingerprint density at radius 2 is 1.91 bits per heavy atom. The highest BCUT2D eigenvalue weighted by atomic mass is 127. The molecule has 0 saturated heterocycles. The third-order valence-electron chi connectivity index (χ3n) is 3.15. The summed E-state index contributed by atoms with van der Waals surface area (Å²) in [5.74, 6) is 1.30. The average Bonchev–Trinajstić information content (AvgIpc) is 3.00. The van der Waals surface area contributed by atoms with E-state index >= 15 is 0 Å². The molecule has 7 heteroatoms. The lowest BCUT2D eigenvalue weighted by Crippen LogP contribution is -2.43. The number of aliphatic imine (C=N–C) groups is 1. The number of rotatable bonds is 7. The van der Waals surface area contributed by atoms with Crippen LogP contribution < -0.4 is 16.0 Å². The van der Waals surface area contributed by atoms with E-state index in [9.17, 15) is 4.79 Å². The molecule has 1 rings (SSSR count). The summed E-state index contributed by atoms with van der Waals surface area (Å²) in [4.78, 5) is 15.6. The summed E-state index contributed by atoms with van der Waals surface area (Å²) >= 11 is 1.72. The summed E-state index contributed by atoms with van der Waals surface area (Å²) in [7, 11) is 1.75. The summed E-state index contributed by atoms with van der Waals surface area (Å²) in [6, 6.07) is 2.15. The predicted octanol–water partition coefficient (Wildman–Crippen LogP) is 2.41. The second kappa shape index (κ2) is 11.7. The number of halogens is 1. The first kappa shape index (κ1) is 21.2. The molecular weight excluding hydrogens is 411 g/mol. The van der Waals surface area contributed by atoms with Crippen LogP contribution in [0, 0.1) is 5.92 Å². The Morgan fingerprint density at radius 1 is 1.23 bits per heavy atom. The largest absolute Gasteiger partial charge is 0.356 e. The number of amides is 1. The van der Waals surface area contributed by atoms with Crippen molar-refractivity contribution in [1.82, 2.24) is 16.0 Å². The second-order valence-corrected chi connectivity index (χ2v) is 6.06. The first-order valence-corrected chi connectivity index (χ1v) is 8.23. The van der Waals surface area contributed by atoms with E-state index in [1.165, 1.54) is 5.56 Å². The number of guanidine groups is 1. The van der Waals surface area contributed by atoms with Crippen molar-refractivity contribution in [2.24, 2.45) is 10.9 Å². The maximum atomic E-state index is 11.4. The lowest BCUT2D eigenvalue weighted by atomic mass is 10.1. The zero-order chi connectivity index (χ0) is 15.7. The molecule has 0 aliphatic rings. The molecule has 22 heavy (non-hydrogen) atoms. The number of hydrogen-bond donors (Lipinski definition) is 3. The number of thiophene rings is 1. The van der Waals surface area contributed by atoms with Gasteiger partial charge in [-0.1, -0.05) is 20.8 Å². The predicted molar refractivity (Wildman–Crippen MR) is 105 cm³/mol. The first-order valence-electron chi connectivity index (χ1n) is 7.29. The summed E-state index contributed by atoms with van der Waals surface area (Å²) in [6.45, 7) is 8.03. The molecule has 0 saturated carbocycles. The number of nitrogens with one attached hydrogen (secondary N) is 3. The van der Waals surface area contributed by atoms with Crippen LogP contribution in [0.25, 0.3) is 0 Å². The number of carbonyl (C=O) groups excluding carboxylic acids is 1. The third kappa shape index (κ3) is 7.98. The van der Waals surface area contributed by atoms with Crippen molar-refractivity contribution < 1.29 is 4.79 Å². The van der Waals surface area contributed by atoms with Crippen LogP contribution in [0.2, 0.25) is 0 Å². The average molecular weight is 438 g/mol. The zero-order valence-electron chi connectivity index (χ0n) is 13.7. The Kier molecular flexibility index (Phi) is 11.3. The van der Waals surface area contributed by atoms with Crippen LogP contribution in [0.15, 0.2) is 21.8 Å². The Bertz CT molecular complexity index is 448. The molecule has 0 aliphatic heterocycles. The van der Waals surface area contributed by atoms with Gasteiger partial charge in [-0.15, -0.1) is 24.0 Å². The molecule has 1 aromatic rings. The third-order valence-corrected chi connectivity index (χ3v) is 3.85. The van der Waals surface area contributed by atoms with Crippen LogP contribution in [0.3, 0.4) is 0 Å². The van der Waals surface area contributed by atoms with Gasteiger partial charge < -0.3 is 16.0 Å². The molecule has 126 valence electrons. The second-order valence-electron chi connectivity index (χ2n) is 5.28. The molecule has 0 fully saturated rings. The Morgan fingerprint density at radius 3 is 2.45 bits per heavy atom. The van der Waals surface area contributed by atoms with Crippen molar-refractivity contribution in [3.8, 4) is 0 Å². The molecule has 0 aliphatic carbocycles. The minimum absolute atomic E-state index is 0. The van der Waals surface area contributed by atoms with Crippen molar-refractivity contribution in [2.45, 2.75) is 26.7 Å². The maximum absolute atomic E-state index is 11.4. The lowest BCUT2D eigenvalue weighted by Gasteiger charge is -2.16. The Labute approximate surface area is 154 Å². The van der Waals surface area contributed by atoms with E-state index in [1.54, 1.807) is 18.4 Å². The normalized spacial score (nSPS) is 12.5. The van der Waals surface area contributed by atoms with Gasteiger partial charge in [0.05, 0.1) is 0 Å². The van der Waals surface area contributed by atoms with E-state index < -0.39 is 0 Å². The molecule has 1 aromatic heterocycles. The number of nitrogens with zero attached hydrogens (tertiary/aromatic N) is 1. The van der Waals surface area contributed by atoms with E-state index in [1.807, 2.05) is 13.8 Å². The van der Waals surface area contributed by atoms with Crippen LogP contribution >= 0.6 is 35.3 Å². The van der Waals surface area contributed by atoms with Crippen LogP contribution in [-0.2, 0) is 4.79 Å². The zero-order valence-corrected chi connectivity index (χ0v) is 16.8. The van der Waals surface area contributed by atoms with Crippen molar-refractivity contribution >= 4 is 47.2 Å². The van der Waals surface area contributed by atoms with Gasteiger partial charge in [0.1, 0.15) is 0 Å². The van der Waals surface area contributed by atoms with E-state index in [-0.39, 0.29) is 35.8 Å². The molecule has 3 N–H and O–H groups in total. The fourth-order valence-corrected chi connectivity index (χ4v) is 2.50. The summed E-state index contributed by atoms with van der Waals surface area (Å²) in [5, 5.41) is 13.6. The van der Waals surface area contributed by atoms with E-state index in [4.69, 9.17) is 0 Å². The van der Waals surface area contributed by atoms with E-state index in [0.29, 0.717) is 19.0 Å². The van der Waals surface area contributed by atoms with E-state index in [2.05, 4.69) is 44.7 Å². The fraction of sp³-hybridized carbons (Fsp3) is 0.600. The molecule has 1 amide bonds. The standard InChI is InChI=1S/C15H26N4OS.HI/c1-11(2)14(20)17-6-7-18-15(16-4)19-9-12(3)13-5-8-21-10-13;/h5,8,10-12H,6-7,9H2,1-4H3,(H,17,20)(H2,16,18,19);1H. The van der Waals surface area contributed by atoms with Gasteiger partial charge in [0.2, 0.25) is 5.91 Å². The van der Waals surface area contributed by atoms with Gasteiger partial charge in [-0.25, -0.2) is 0 Å². The SMILES string of the molecule is CN=C(NCCNC(=O)C(C)C)NCC(C)c1ccsc1.I. The smallest absolute Gasteiger partial charge is 0.222 e. The quantitative estimate of drug-likeness (QED) is 0.265. The number of carbonyl (C=O) groups is 1. The van der Waals surface area contributed by atoms with Gasteiger partial charge in [0.15, 0.2) is 5.96 Å². The van der Waals surface area contributed by atoms with Crippen molar-refractivity contribution in [2.75, 3.05) is 26.7 Å². The highest BCUT2D eigenvalue weighted by Crippen LogP contribution is 2.16. The molecule has 1 atom stereocenters. The van der Waals surface area contributed by atoms with Crippen LogP contribution in [0.4, 0.5) is 0 Å². The Hall–Kier alpha value is -0.830. The van der Waals surface area contributed by atoms with Crippen molar-refractivity contribution in [1.29, 1.82) is 0 Å². The van der Waals surface area contributed by atoms with Crippen molar-refractivity contribution in [3.05, 3.63) is 22.4 Å². The minimum atomic E-state index is 0. The van der Waals surface area contributed by atoms with Crippen LogP contribution in [0.1, 0.15) is 32.3 Å². The fourth-order valence-electron chi connectivity index (χ4n) is 1.71. The molecule has 0 spiro atoms. The Balaban J connectivity index is 0.00000441. The highest BCUT2D eigenvalue weighted by Gasteiger charge is 2.07. The lowest BCUT2D eigenvalue weighted by molar-refractivity contribution is -0.123. The summed E-state index contributed by atoms with van der Waals surface area (Å²) in [6.07, 6.45) is 0. The first-order chi connectivity index (χ1) is 10.0. The topological polar surface area (TPSA) is 65.5 Å². The summed E-state index contributed by atoms with van der Waals surface area (Å²) < 4.78 is 0. The van der Waals surface area contributed by atoms with Gasteiger partial charge in [0, 0.05) is 32.6 Å². The minimum Gasteiger partial charge on any atom is -0.356 e. The summed E-state index contributed by atoms with van der Waals surface area (Å²) in [5.41, 5.74) is 1.34. The van der Waals surface area contributed by atoms with Gasteiger partial charge in [0.25, 0.3) is 0 Å². The van der Waals surface area contributed by atoms with Gasteiger partial charge >= 0.3 is 0 Å².